The molecule has 0 heterocycles. The summed E-state index contributed by atoms with van der Waals surface area (Å²) in [5.41, 5.74) is 0. The van der Waals surface area contributed by atoms with Gasteiger partial charge in [0.05, 0.1) is 0 Å². The van der Waals surface area contributed by atoms with E-state index in [1.165, 1.54) is 38.5 Å². The molecule has 0 amide bonds. The van der Waals surface area contributed by atoms with Crippen LogP contribution < -0.4 is 10.2 Å². The molecule has 0 N–H and O–H groups in total. The number of carboxylic acid groups (broad SMARTS) is 2. The van der Waals surface area contributed by atoms with Crippen LogP contribution in [0.2, 0.25) is 0 Å². The van der Waals surface area contributed by atoms with E-state index in [0.717, 1.165) is 37.5 Å². The van der Waals surface area contributed by atoms with E-state index < -0.39 is 11.9 Å². The molecule has 0 aliphatic heterocycles. The maximum atomic E-state index is 10.3. The van der Waals surface area contributed by atoms with Crippen LogP contribution in [0.3, 0.4) is 0 Å². The van der Waals surface area contributed by atoms with Crippen LogP contribution in [0.4, 0.5) is 0 Å². The van der Waals surface area contributed by atoms with E-state index in [4.69, 9.17) is 0 Å². The molecule has 2 rings (SSSR count). The third kappa shape index (κ3) is 11.5. The van der Waals surface area contributed by atoms with Gasteiger partial charge in [-0.15, -0.1) is 0 Å². The Bertz CT molecular complexity index is 334. The third-order valence-corrected chi connectivity index (χ3v) is 6.00. The minimum Gasteiger partial charge on any atom is -0.550 e. The smallest absolute Gasteiger partial charge is 0.550 e. The number of carbonyl (C=O) groups excluding carboxylic acids is 2. The molecule has 2 aliphatic rings. The Morgan fingerprint density at radius 2 is 0.880 bits per heavy atom. The zero-order chi connectivity index (χ0) is 17.9. The molecule has 4 nitrogen and oxygen atoms in total. The summed E-state index contributed by atoms with van der Waals surface area (Å²) >= 11 is 0. The molecule has 0 bridgehead atoms. The van der Waals surface area contributed by atoms with Crippen LogP contribution in [0.25, 0.3) is 0 Å². The van der Waals surface area contributed by atoms with Gasteiger partial charge in [0.1, 0.15) is 0 Å². The van der Waals surface area contributed by atoms with Gasteiger partial charge in [0.2, 0.25) is 0 Å². The summed E-state index contributed by atoms with van der Waals surface area (Å²) in [4.78, 5) is 20.6. The second-order valence-electron chi connectivity index (χ2n) is 7.74. The number of aliphatic carboxylic acids is 2. The van der Waals surface area contributed by atoms with Crippen LogP contribution in [0.1, 0.15) is 90.9 Å². The van der Waals surface area contributed by atoms with Crippen molar-refractivity contribution in [3.05, 3.63) is 0 Å². The van der Waals surface area contributed by atoms with Crippen molar-refractivity contribution in [3.8, 4) is 0 Å². The van der Waals surface area contributed by atoms with Gasteiger partial charge in [-0.2, -0.15) is 0 Å². The molecule has 0 unspecified atom stereocenters. The SMILES string of the molecule is CCC1CCC(CC(=O)[O-])CC1.CCC1CCC(CC(=O)[O-])CC1.[Ca+2]. The first-order valence-electron chi connectivity index (χ1n) is 9.84. The molecule has 2 saturated carbocycles. The van der Waals surface area contributed by atoms with Crippen molar-refractivity contribution >= 4 is 49.7 Å². The van der Waals surface area contributed by atoms with Crippen molar-refractivity contribution in [2.75, 3.05) is 0 Å². The summed E-state index contributed by atoms with van der Waals surface area (Å²) in [7, 11) is 0. The van der Waals surface area contributed by atoms with Crippen LogP contribution in [0.5, 0.6) is 0 Å². The number of rotatable bonds is 6. The number of hydrogen-bond donors (Lipinski definition) is 0. The Kier molecular flexibility index (Phi) is 14.4. The maximum Gasteiger partial charge on any atom is 2.00 e. The fraction of sp³-hybridized carbons (Fsp3) is 0.900. The number of hydrogen-bond acceptors (Lipinski definition) is 4. The van der Waals surface area contributed by atoms with Crippen molar-refractivity contribution < 1.29 is 19.8 Å². The van der Waals surface area contributed by atoms with Crippen LogP contribution in [-0.2, 0) is 9.59 Å². The molecule has 2 aliphatic carbocycles. The van der Waals surface area contributed by atoms with Crippen molar-refractivity contribution in [2.45, 2.75) is 90.9 Å². The quantitative estimate of drug-likeness (QED) is 0.664. The molecule has 5 heteroatoms. The number of carbonyl (C=O) groups is 2. The monoisotopic (exact) mass is 378 g/mol. The second-order valence-corrected chi connectivity index (χ2v) is 7.74. The Hall–Kier alpha value is 0.200. The Morgan fingerprint density at radius 3 is 1.08 bits per heavy atom. The molecular weight excluding hydrogens is 344 g/mol. The van der Waals surface area contributed by atoms with Gasteiger partial charge in [-0.3, -0.25) is 0 Å². The predicted octanol–water partition coefficient (Wildman–Crippen LogP) is 2.30. The Labute approximate surface area is 183 Å². The van der Waals surface area contributed by atoms with Crippen molar-refractivity contribution in [1.29, 1.82) is 0 Å². The minimum atomic E-state index is -0.880. The van der Waals surface area contributed by atoms with E-state index in [1.807, 2.05) is 0 Å². The summed E-state index contributed by atoms with van der Waals surface area (Å²) in [5, 5.41) is 20.6. The van der Waals surface area contributed by atoms with Gasteiger partial charge in [-0.25, -0.2) is 0 Å². The largest absolute Gasteiger partial charge is 2.00 e. The normalized spacial score (nSPS) is 28.9. The van der Waals surface area contributed by atoms with Gasteiger partial charge in [0, 0.05) is 11.9 Å². The van der Waals surface area contributed by atoms with E-state index in [2.05, 4.69) is 13.8 Å². The van der Waals surface area contributed by atoms with E-state index in [0.29, 0.717) is 11.8 Å². The van der Waals surface area contributed by atoms with Crippen molar-refractivity contribution in [1.82, 2.24) is 0 Å². The molecule has 140 valence electrons. The summed E-state index contributed by atoms with van der Waals surface area (Å²) in [6, 6.07) is 0. The molecule has 2 fully saturated rings. The van der Waals surface area contributed by atoms with Gasteiger partial charge in [0.15, 0.2) is 0 Å². The minimum absolute atomic E-state index is 0. The van der Waals surface area contributed by atoms with E-state index in [1.54, 1.807) is 0 Å². The average molecular weight is 379 g/mol. The molecule has 0 aromatic carbocycles. The maximum absolute atomic E-state index is 10.3. The van der Waals surface area contributed by atoms with E-state index >= 15 is 0 Å². The summed E-state index contributed by atoms with van der Waals surface area (Å²) in [5.74, 6) is 0.742. The zero-order valence-corrected chi connectivity index (χ0v) is 18.3. The first kappa shape index (κ1) is 25.2. The average Bonchev–Trinajstić information content (AvgIpc) is 2.56. The molecule has 0 aromatic rings. The molecular formula is C20H34CaO4. The van der Waals surface area contributed by atoms with E-state index in [9.17, 15) is 19.8 Å². The fourth-order valence-corrected chi connectivity index (χ4v) is 4.16. The molecule has 0 atom stereocenters. The zero-order valence-electron chi connectivity index (χ0n) is 16.1. The van der Waals surface area contributed by atoms with Crippen molar-refractivity contribution in [2.24, 2.45) is 23.7 Å². The molecule has 0 spiro atoms. The second kappa shape index (κ2) is 14.3. The first-order valence-corrected chi connectivity index (χ1v) is 9.84. The number of carboxylic acids is 2. The van der Waals surface area contributed by atoms with Crippen LogP contribution in [0, 0.1) is 23.7 Å². The van der Waals surface area contributed by atoms with Crippen LogP contribution in [-0.4, -0.2) is 49.7 Å². The van der Waals surface area contributed by atoms with E-state index in [-0.39, 0.29) is 50.6 Å². The molecule has 0 aromatic heterocycles. The van der Waals surface area contributed by atoms with Crippen LogP contribution >= 0.6 is 0 Å². The standard InChI is InChI=1S/2C10H18O2.Ca/c2*1-2-8-3-5-9(6-4-8)7-10(11)12;/h2*8-9H,2-7H2,1H3,(H,11,12);/q;;+2/p-2. The predicted molar refractivity (Wildman–Crippen MR) is 96.5 cm³/mol. The van der Waals surface area contributed by atoms with Crippen molar-refractivity contribution in [3.63, 3.8) is 0 Å². The summed E-state index contributed by atoms with van der Waals surface area (Å²) < 4.78 is 0. The summed E-state index contributed by atoms with van der Waals surface area (Å²) in [6.07, 6.45) is 12.3. The van der Waals surface area contributed by atoms with Gasteiger partial charge in [0.25, 0.3) is 0 Å². The van der Waals surface area contributed by atoms with Gasteiger partial charge < -0.3 is 19.8 Å². The third-order valence-electron chi connectivity index (χ3n) is 6.00. The Morgan fingerprint density at radius 1 is 0.640 bits per heavy atom. The first-order chi connectivity index (χ1) is 11.4. The molecule has 0 saturated heterocycles. The summed E-state index contributed by atoms with van der Waals surface area (Å²) in [6.45, 7) is 4.42. The van der Waals surface area contributed by atoms with Gasteiger partial charge in [-0.05, 0) is 62.2 Å². The van der Waals surface area contributed by atoms with Gasteiger partial charge >= 0.3 is 37.7 Å². The molecule has 0 radical (unpaired) electrons. The van der Waals surface area contributed by atoms with Crippen LogP contribution in [0.15, 0.2) is 0 Å². The fourth-order valence-electron chi connectivity index (χ4n) is 4.16. The van der Waals surface area contributed by atoms with Gasteiger partial charge in [-0.1, -0.05) is 52.4 Å². The Balaban J connectivity index is 0.000000443. The topological polar surface area (TPSA) is 80.3 Å². The molecule has 25 heavy (non-hydrogen) atoms.